The van der Waals surface area contributed by atoms with Crippen molar-refractivity contribution >= 4 is 17.6 Å². The maximum atomic E-state index is 15.2. The number of H-pyrrole nitrogens is 1. The summed E-state index contributed by atoms with van der Waals surface area (Å²) in [6.07, 6.45) is 7.13. The van der Waals surface area contributed by atoms with Gasteiger partial charge in [0.25, 0.3) is 5.91 Å². The topological polar surface area (TPSA) is 127 Å². The van der Waals surface area contributed by atoms with Gasteiger partial charge in [-0.05, 0) is 81.4 Å². The minimum absolute atomic E-state index is 0.0311. The Labute approximate surface area is 227 Å². The number of amides is 2. The molecular weight excluding hydrogens is 501 g/mol. The van der Waals surface area contributed by atoms with E-state index in [2.05, 4.69) is 30.9 Å². The number of aryl methyl sites for hydroxylation is 3. The molecular formula is C28H36FN7O3. The Balaban J connectivity index is 1.35. The third kappa shape index (κ3) is 6.03. The molecule has 10 nitrogen and oxygen atoms in total. The number of aromatic nitrogens is 5. The van der Waals surface area contributed by atoms with Gasteiger partial charge in [0, 0.05) is 43.3 Å². The number of nitrogens with one attached hydrogen (secondary N) is 3. The fourth-order valence-corrected chi connectivity index (χ4v) is 5.49. The van der Waals surface area contributed by atoms with Crippen molar-refractivity contribution in [3.8, 4) is 11.1 Å². The van der Waals surface area contributed by atoms with Gasteiger partial charge in [-0.15, -0.1) is 0 Å². The van der Waals surface area contributed by atoms with Crippen LogP contribution < -0.4 is 10.6 Å². The summed E-state index contributed by atoms with van der Waals surface area (Å²) in [4.78, 5) is 31.1. The lowest BCUT2D eigenvalue weighted by atomic mass is 9.88. The first-order valence-electron chi connectivity index (χ1n) is 13.7. The van der Waals surface area contributed by atoms with E-state index < -0.39 is 12.0 Å². The number of methoxy groups -OCH3 is 1. The molecule has 0 bridgehead atoms. The van der Waals surface area contributed by atoms with Crippen molar-refractivity contribution in [2.75, 3.05) is 19.0 Å². The number of anilines is 1. The third-order valence-corrected chi connectivity index (χ3v) is 7.70. The second-order valence-electron chi connectivity index (χ2n) is 10.5. The maximum Gasteiger partial charge on any atom is 0.270 e. The Morgan fingerprint density at radius 2 is 1.95 bits per heavy atom. The molecule has 11 heteroatoms. The Bertz CT molecular complexity index is 1320. The third-order valence-electron chi connectivity index (χ3n) is 7.70. The van der Waals surface area contributed by atoms with Crippen LogP contribution in [0, 0.1) is 30.6 Å². The summed E-state index contributed by atoms with van der Waals surface area (Å²) in [5.74, 6) is -0.501. The maximum absolute atomic E-state index is 15.2. The van der Waals surface area contributed by atoms with Crippen LogP contribution in [0.15, 0.2) is 24.4 Å². The summed E-state index contributed by atoms with van der Waals surface area (Å²) in [5, 5.41) is 17.2. The van der Waals surface area contributed by atoms with Crippen LogP contribution in [-0.4, -0.2) is 56.5 Å². The van der Waals surface area contributed by atoms with Crippen LogP contribution in [0.1, 0.15) is 60.9 Å². The van der Waals surface area contributed by atoms with Crippen LogP contribution in [0.3, 0.4) is 0 Å². The monoisotopic (exact) mass is 537 g/mol. The van der Waals surface area contributed by atoms with E-state index in [9.17, 15) is 9.59 Å². The lowest BCUT2D eigenvalue weighted by Crippen LogP contribution is -2.50. The molecule has 3 aromatic rings. The average Bonchev–Trinajstić information content (AvgIpc) is 3.85. The second-order valence-corrected chi connectivity index (χ2v) is 10.5. The zero-order valence-electron chi connectivity index (χ0n) is 22.7. The van der Waals surface area contributed by atoms with Crippen LogP contribution in [0.5, 0.6) is 0 Å². The van der Waals surface area contributed by atoms with E-state index in [1.54, 1.807) is 36.2 Å². The van der Waals surface area contributed by atoms with Crippen molar-refractivity contribution in [1.82, 2.24) is 30.3 Å². The fourth-order valence-electron chi connectivity index (χ4n) is 5.49. The molecule has 2 amide bonds. The summed E-state index contributed by atoms with van der Waals surface area (Å²) < 4.78 is 21.9. The fraction of sp³-hybridized carbons (Fsp3) is 0.536. The number of hydrogen-bond acceptors (Lipinski definition) is 6. The lowest BCUT2D eigenvalue weighted by molar-refractivity contribution is -0.119. The zero-order chi connectivity index (χ0) is 27.5. The van der Waals surface area contributed by atoms with Crippen molar-refractivity contribution in [2.24, 2.45) is 17.8 Å². The molecule has 2 saturated carbocycles. The predicted molar refractivity (Wildman–Crippen MR) is 143 cm³/mol. The van der Waals surface area contributed by atoms with Crippen LogP contribution in [0.2, 0.25) is 0 Å². The highest BCUT2D eigenvalue weighted by atomic mass is 19.1. The van der Waals surface area contributed by atoms with Crippen LogP contribution in [-0.2, 0) is 22.5 Å². The Kier molecular flexibility index (Phi) is 8.06. The van der Waals surface area contributed by atoms with E-state index >= 15 is 4.39 Å². The standard InChI is InChI=1S/C28H36FN7O3/c1-4-20-23(16(2)34-35-20)19-10-11-22(31-26(19)29)32-28(38)25(24(17-6-7-17)18-8-9-18)33-27(37)21-12-13-30-36(21)14-5-15-39-3/h10-13,17-18,24-25H,4-9,14-15H2,1-3H3,(H,33,37)(H,34,35)(H,31,32,38). The highest BCUT2D eigenvalue weighted by Crippen LogP contribution is 2.51. The van der Waals surface area contributed by atoms with E-state index in [0.717, 1.165) is 31.4 Å². The van der Waals surface area contributed by atoms with E-state index in [1.165, 1.54) is 0 Å². The van der Waals surface area contributed by atoms with Crippen molar-refractivity contribution in [3.05, 3.63) is 47.4 Å². The van der Waals surface area contributed by atoms with Gasteiger partial charge < -0.3 is 15.4 Å². The normalized spacial score (nSPS) is 15.9. The SMILES string of the molecule is CCc1[nH]nc(C)c1-c1ccc(NC(=O)C(NC(=O)c2ccnn2CCCOC)C(C2CC2)C2CC2)nc1F. The Hall–Kier alpha value is -3.60. The average molecular weight is 538 g/mol. The molecule has 3 aromatic heterocycles. The molecule has 2 aliphatic rings. The number of carbonyl (C=O) groups excluding carboxylic acids is 2. The van der Waals surface area contributed by atoms with Gasteiger partial charge >= 0.3 is 0 Å². The molecule has 1 atom stereocenters. The smallest absolute Gasteiger partial charge is 0.270 e. The summed E-state index contributed by atoms with van der Waals surface area (Å²) in [6, 6.07) is 4.10. The van der Waals surface area contributed by atoms with Gasteiger partial charge in [-0.1, -0.05) is 6.92 Å². The van der Waals surface area contributed by atoms with Gasteiger partial charge in [0.15, 0.2) is 0 Å². The molecule has 39 heavy (non-hydrogen) atoms. The molecule has 1 unspecified atom stereocenters. The molecule has 0 aromatic carbocycles. The van der Waals surface area contributed by atoms with Gasteiger partial charge in [-0.3, -0.25) is 19.4 Å². The minimum atomic E-state index is -0.757. The van der Waals surface area contributed by atoms with Gasteiger partial charge in [0.05, 0.1) is 5.69 Å². The number of pyridine rings is 1. The first-order valence-corrected chi connectivity index (χ1v) is 13.7. The van der Waals surface area contributed by atoms with E-state index in [-0.39, 0.29) is 23.6 Å². The lowest BCUT2D eigenvalue weighted by Gasteiger charge is -2.27. The minimum Gasteiger partial charge on any atom is -0.385 e. The predicted octanol–water partition coefficient (Wildman–Crippen LogP) is 3.89. The highest BCUT2D eigenvalue weighted by molar-refractivity contribution is 6.00. The molecule has 2 aliphatic carbocycles. The van der Waals surface area contributed by atoms with E-state index in [0.29, 0.717) is 60.3 Å². The first kappa shape index (κ1) is 27.0. The van der Waals surface area contributed by atoms with E-state index in [1.807, 2.05) is 13.8 Å². The second kappa shape index (κ2) is 11.6. The number of hydrogen-bond donors (Lipinski definition) is 3. The van der Waals surface area contributed by atoms with Crippen LogP contribution >= 0.6 is 0 Å². The molecule has 0 saturated heterocycles. The highest BCUT2D eigenvalue weighted by Gasteiger charge is 2.48. The van der Waals surface area contributed by atoms with E-state index in [4.69, 9.17) is 4.74 Å². The number of aromatic amines is 1. The molecule has 2 fully saturated rings. The molecule has 3 N–H and O–H groups in total. The van der Waals surface area contributed by atoms with Gasteiger partial charge in [-0.25, -0.2) is 4.98 Å². The summed E-state index contributed by atoms with van der Waals surface area (Å²) >= 11 is 0. The largest absolute Gasteiger partial charge is 0.385 e. The van der Waals surface area contributed by atoms with Crippen LogP contribution in [0.25, 0.3) is 11.1 Å². The van der Waals surface area contributed by atoms with Gasteiger partial charge in [0.2, 0.25) is 11.9 Å². The number of ether oxygens (including phenoxy) is 1. The summed E-state index contributed by atoms with van der Waals surface area (Å²) in [5.41, 5.74) is 2.92. The summed E-state index contributed by atoms with van der Waals surface area (Å²) in [7, 11) is 1.63. The van der Waals surface area contributed by atoms with Crippen molar-refractivity contribution < 1.29 is 18.7 Å². The van der Waals surface area contributed by atoms with Crippen molar-refractivity contribution in [2.45, 2.75) is 65.0 Å². The molecule has 0 aliphatic heterocycles. The van der Waals surface area contributed by atoms with Crippen molar-refractivity contribution in [3.63, 3.8) is 0 Å². The van der Waals surface area contributed by atoms with Gasteiger partial charge in [0.1, 0.15) is 17.6 Å². The van der Waals surface area contributed by atoms with Crippen molar-refractivity contribution in [1.29, 1.82) is 0 Å². The Morgan fingerprint density at radius 1 is 1.21 bits per heavy atom. The summed E-state index contributed by atoms with van der Waals surface area (Å²) in [6.45, 7) is 4.86. The molecule has 0 radical (unpaired) electrons. The molecule has 5 rings (SSSR count). The molecule has 208 valence electrons. The number of nitrogens with zero attached hydrogens (tertiary/aromatic N) is 4. The Morgan fingerprint density at radius 3 is 2.59 bits per heavy atom. The number of rotatable bonds is 13. The number of halogens is 1. The first-order chi connectivity index (χ1) is 18.9. The van der Waals surface area contributed by atoms with Gasteiger partial charge in [-0.2, -0.15) is 14.6 Å². The zero-order valence-corrected chi connectivity index (χ0v) is 22.7. The van der Waals surface area contributed by atoms with Crippen LogP contribution in [0.4, 0.5) is 10.2 Å². The number of carbonyl (C=O) groups is 2. The molecule has 3 heterocycles. The quantitative estimate of drug-likeness (QED) is 0.224. The molecule has 0 spiro atoms.